The summed E-state index contributed by atoms with van der Waals surface area (Å²) in [6.07, 6.45) is 0. The maximum absolute atomic E-state index is 13.4. The van der Waals surface area contributed by atoms with Crippen LogP contribution in [-0.4, -0.2) is 44.7 Å². The fraction of sp³-hybridized carbons (Fsp3) is 0.278. The van der Waals surface area contributed by atoms with E-state index in [1.807, 2.05) is 0 Å². The monoisotopic (exact) mass is 351 g/mol. The largest absolute Gasteiger partial charge is 0.497 e. The molecule has 0 fully saturated rings. The Bertz CT molecular complexity index is 707. The molecular formula is C18H19F2NO4. The molecule has 1 amide bonds. The van der Waals surface area contributed by atoms with Crippen LogP contribution in [0.4, 0.5) is 8.78 Å². The van der Waals surface area contributed by atoms with Crippen LogP contribution in [0.3, 0.4) is 0 Å². The van der Waals surface area contributed by atoms with Crippen LogP contribution in [-0.2, 0) is 4.79 Å². The van der Waals surface area contributed by atoms with Crippen LogP contribution in [0.25, 0.3) is 0 Å². The van der Waals surface area contributed by atoms with Gasteiger partial charge in [-0.25, -0.2) is 8.78 Å². The highest BCUT2D eigenvalue weighted by atomic mass is 19.1. The van der Waals surface area contributed by atoms with Crippen molar-refractivity contribution in [3.05, 3.63) is 54.1 Å². The Balaban J connectivity index is 1.74. The number of amides is 1. The molecule has 0 atom stereocenters. The normalized spacial score (nSPS) is 10.2. The lowest BCUT2D eigenvalue weighted by Crippen LogP contribution is -2.34. The van der Waals surface area contributed by atoms with Gasteiger partial charge in [-0.05, 0) is 36.4 Å². The van der Waals surface area contributed by atoms with E-state index >= 15 is 0 Å². The van der Waals surface area contributed by atoms with E-state index in [1.54, 1.807) is 38.4 Å². The molecule has 25 heavy (non-hydrogen) atoms. The summed E-state index contributed by atoms with van der Waals surface area (Å²) in [5.41, 5.74) is 0. The second kappa shape index (κ2) is 8.86. The fourth-order valence-corrected chi connectivity index (χ4v) is 1.94. The average molecular weight is 351 g/mol. The summed E-state index contributed by atoms with van der Waals surface area (Å²) in [5, 5.41) is 0. The van der Waals surface area contributed by atoms with Crippen LogP contribution in [0.5, 0.6) is 17.2 Å². The number of rotatable bonds is 8. The lowest BCUT2D eigenvalue weighted by molar-refractivity contribution is -0.132. The Morgan fingerprint density at radius 3 is 2.36 bits per heavy atom. The van der Waals surface area contributed by atoms with Gasteiger partial charge < -0.3 is 19.1 Å². The van der Waals surface area contributed by atoms with Crippen LogP contribution < -0.4 is 14.2 Å². The number of hydrogen-bond acceptors (Lipinski definition) is 4. The van der Waals surface area contributed by atoms with Crippen LogP contribution in [0.15, 0.2) is 42.5 Å². The van der Waals surface area contributed by atoms with Gasteiger partial charge in [0, 0.05) is 13.1 Å². The topological polar surface area (TPSA) is 48.0 Å². The number of ether oxygens (including phenoxy) is 3. The van der Waals surface area contributed by atoms with Crippen LogP contribution in [0.1, 0.15) is 0 Å². The van der Waals surface area contributed by atoms with E-state index in [9.17, 15) is 13.6 Å². The smallest absolute Gasteiger partial charge is 0.260 e. The predicted octanol–water partition coefficient (Wildman–Crippen LogP) is 2.89. The van der Waals surface area contributed by atoms with E-state index in [0.717, 1.165) is 17.9 Å². The number of carbonyl (C=O) groups is 1. The molecule has 134 valence electrons. The van der Waals surface area contributed by atoms with Crippen molar-refractivity contribution < 1.29 is 27.8 Å². The van der Waals surface area contributed by atoms with Gasteiger partial charge >= 0.3 is 0 Å². The molecule has 2 rings (SSSR count). The van der Waals surface area contributed by atoms with Gasteiger partial charge in [0.15, 0.2) is 18.2 Å². The predicted molar refractivity (Wildman–Crippen MR) is 88.0 cm³/mol. The van der Waals surface area contributed by atoms with Crippen LogP contribution >= 0.6 is 0 Å². The van der Waals surface area contributed by atoms with E-state index in [4.69, 9.17) is 14.2 Å². The summed E-state index contributed by atoms with van der Waals surface area (Å²) in [4.78, 5) is 13.4. The van der Waals surface area contributed by atoms with E-state index in [1.165, 1.54) is 4.90 Å². The Labute approximate surface area is 144 Å². The average Bonchev–Trinajstić information content (AvgIpc) is 2.61. The van der Waals surface area contributed by atoms with Gasteiger partial charge in [0.2, 0.25) is 0 Å². The Kier molecular flexibility index (Phi) is 6.56. The highest BCUT2D eigenvalue weighted by Crippen LogP contribution is 2.18. The summed E-state index contributed by atoms with van der Waals surface area (Å²) in [5.74, 6) is -0.682. The second-order valence-corrected chi connectivity index (χ2v) is 5.20. The van der Waals surface area contributed by atoms with Gasteiger partial charge in [-0.1, -0.05) is 0 Å². The minimum atomic E-state index is -0.849. The first kappa shape index (κ1) is 18.5. The summed E-state index contributed by atoms with van der Waals surface area (Å²) in [6.45, 7) is 0.279. The number of nitrogens with zero attached hydrogens (tertiary/aromatic N) is 1. The molecular weight excluding hydrogens is 332 g/mol. The molecule has 0 radical (unpaired) electrons. The fourth-order valence-electron chi connectivity index (χ4n) is 1.94. The lowest BCUT2D eigenvalue weighted by atomic mass is 10.3. The maximum atomic E-state index is 13.4. The SMILES string of the molecule is COc1ccc(OCCN(C)C(=O)COc2ccc(F)cc2F)cc1. The zero-order chi connectivity index (χ0) is 18.2. The molecule has 0 N–H and O–H groups in total. The summed E-state index contributed by atoms with van der Waals surface area (Å²) in [7, 11) is 3.17. The van der Waals surface area contributed by atoms with Crippen molar-refractivity contribution >= 4 is 5.91 Å². The molecule has 0 spiro atoms. The Morgan fingerprint density at radius 1 is 1.04 bits per heavy atom. The molecule has 0 aromatic heterocycles. The minimum Gasteiger partial charge on any atom is -0.497 e. The molecule has 5 nitrogen and oxygen atoms in total. The molecule has 0 aliphatic carbocycles. The van der Waals surface area contributed by atoms with Gasteiger partial charge in [-0.3, -0.25) is 4.79 Å². The molecule has 0 aliphatic rings. The molecule has 0 aliphatic heterocycles. The third-order valence-corrected chi connectivity index (χ3v) is 3.43. The van der Waals surface area contributed by atoms with E-state index in [-0.39, 0.29) is 18.3 Å². The highest BCUT2D eigenvalue weighted by molar-refractivity contribution is 5.77. The van der Waals surface area contributed by atoms with Crippen molar-refractivity contribution in [3.63, 3.8) is 0 Å². The van der Waals surface area contributed by atoms with Gasteiger partial charge in [0.25, 0.3) is 5.91 Å². The molecule has 2 aromatic carbocycles. The molecule has 0 heterocycles. The Morgan fingerprint density at radius 2 is 1.72 bits per heavy atom. The number of likely N-dealkylation sites (N-methyl/N-ethyl adjacent to an activating group) is 1. The number of carbonyl (C=O) groups excluding carboxylic acids is 1. The molecule has 0 saturated carbocycles. The second-order valence-electron chi connectivity index (χ2n) is 5.20. The third kappa shape index (κ3) is 5.63. The van der Waals surface area contributed by atoms with Gasteiger partial charge in [0.1, 0.15) is 23.9 Å². The lowest BCUT2D eigenvalue weighted by Gasteiger charge is -2.18. The van der Waals surface area contributed by atoms with Gasteiger partial charge in [-0.2, -0.15) is 0 Å². The van der Waals surface area contributed by atoms with Gasteiger partial charge in [0.05, 0.1) is 13.7 Å². The molecule has 2 aromatic rings. The minimum absolute atomic E-state index is 0.169. The van der Waals surface area contributed by atoms with Crippen LogP contribution in [0, 0.1) is 11.6 Å². The maximum Gasteiger partial charge on any atom is 0.260 e. The van der Waals surface area contributed by atoms with Crippen molar-refractivity contribution in [1.29, 1.82) is 0 Å². The zero-order valence-corrected chi connectivity index (χ0v) is 14.0. The Hall–Kier alpha value is -2.83. The highest BCUT2D eigenvalue weighted by Gasteiger charge is 2.12. The molecule has 7 heteroatoms. The van der Waals surface area contributed by atoms with Crippen molar-refractivity contribution in [2.45, 2.75) is 0 Å². The van der Waals surface area contributed by atoms with Gasteiger partial charge in [-0.15, -0.1) is 0 Å². The van der Waals surface area contributed by atoms with E-state index in [0.29, 0.717) is 25.0 Å². The molecule has 0 bridgehead atoms. The van der Waals surface area contributed by atoms with Crippen molar-refractivity contribution in [2.24, 2.45) is 0 Å². The number of hydrogen-bond donors (Lipinski definition) is 0. The summed E-state index contributed by atoms with van der Waals surface area (Å²) in [6, 6.07) is 9.99. The standard InChI is InChI=1S/C18H19F2NO4/c1-21(9-10-24-15-6-4-14(23-2)5-7-15)18(22)12-25-17-8-3-13(19)11-16(17)20/h3-8,11H,9-10,12H2,1-2H3. The first-order valence-corrected chi connectivity index (χ1v) is 7.58. The van der Waals surface area contributed by atoms with E-state index in [2.05, 4.69) is 0 Å². The number of halogens is 2. The molecule has 0 saturated heterocycles. The number of benzene rings is 2. The van der Waals surface area contributed by atoms with Crippen molar-refractivity contribution in [2.75, 3.05) is 33.9 Å². The summed E-state index contributed by atoms with van der Waals surface area (Å²) >= 11 is 0. The number of methoxy groups -OCH3 is 1. The quantitative estimate of drug-likeness (QED) is 0.734. The van der Waals surface area contributed by atoms with E-state index < -0.39 is 11.6 Å². The third-order valence-electron chi connectivity index (χ3n) is 3.43. The van der Waals surface area contributed by atoms with Crippen LogP contribution in [0.2, 0.25) is 0 Å². The first-order valence-electron chi connectivity index (χ1n) is 7.58. The zero-order valence-electron chi connectivity index (χ0n) is 14.0. The van der Waals surface area contributed by atoms with Crippen molar-refractivity contribution in [1.82, 2.24) is 4.90 Å². The first-order chi connectivity index (χ1) is 12.0. The summed E-state index contributed by atoms with van der Waals surface area (Å²) < 4.78 is 41.9. The van der Waals surface area contributed by atoms with Crippen molar-refractivity contribution in [3.8, 4) is 17.2 Å². The molecule has 0 unspecified atom stereocenters.